The average molecular weight is 349 g/mol. The highest BCUT2D eigenvalue weighted by Gasteiger charge is 2.20. The molecule has 0 aliphatic rings. The van der Waals surface area contributed by atoms with E-state index >= 15 is 0 Å². The van der Waals surface area contributed by atoms with Crippen LogP contribution in [0.3, 0.4) is 0 Å². The van der Waals surface area contributed by atoms with E-state index in [1.54, 1.807) is 13.8 Å². The molecule has 0 unspecified atom stereocenters. The summed E-state index contributed by atoms with van der Waals surface area (Å²) in [6.45, 7) is 3.23. The molecule has 1 aromatic carbocycles. The summed E-state index contributed by atoms with van der Waals surface area (Å²) in [5, 5.41) is 0. The minimum Gasteiger partial charge on any atom is -0.277 e. The maximum Gasteiger partial charge on any atom is 0.257 e. The molecule has 0 aliphatic carbocycles. The van der Waals surface area contributed by atoms with Crippen LogP contribution in [0, 0.1) is 5.92 Å². The fourth-order valence-electron chi connectivity index (χ4n) is 1.32. The number of nitrogens with zero attached hydrogens (tertiary/aromatic N) is 1. The van der Waals surface area contributed by atoms with Crippen LogP contribution in [0.5, 0.6) is 0 Å². The number of carbonyl (C=O) groups excluding carboxylic acids is 1. The lowest BCUT2D eigenvalue weighted by molar-refractivity contribution is -0.124. The van der Waals surface area contributed by atoms with Gasteiger partial charge in [0.15, 0.2) is 0 Å². The number of carbonyl (C=O) groups is 1. The van der Waals surface area contributed by atoms with Crippen LogP contribution in [0.1, 0.15) is 13.8 Å². The second-order valence-corrected chi connectivity index (χ2v) is 8.84. The Labute approximate surface area is 130 Å². The molecular formula is C12H19N3O5S2. The normalized spacial score (nSPS) is 12.6. The standard InChI is InChI=1S/C12H19N3O5S2/c1-9(2)12(16)13-14-21(17,18)10-5-7-11(8-6-10)22(19,20)15(3)4/h5-9,14H,1-4H3,(H,13,16). The van der Waals surface area contributed by atoms with Gasteiger partial charge in [-0.1, -0.05) is 13.8 Å². The molecule has 0 fully saturated rings. The molecule has 0 atom stereocenters. The summed E-state index contributed by atoms with van der Waals surface area (Å²) in [5.41, 5.74) is 2.08. The predicted octanol–water partition coefficient (Wildman–Crippen LogP) is -0.0976. The smallest absolute Gasteiger partial charge is 0.257 e. The molecule has 0 aliphatic heterocycles. The van der Waals surface area contributed by atoms with Gasteiger partial charge in [-0.05, 0) is 24.3 Å². The Balaban J connectivity index is 2.97. The fraction of sp³-hybridized carbons (Fsp3) is 0.417. The molecule has 0 bridgehead atoms. The SMILES string of the molecule is CC(C)C(=O)NNS(=O)(=O)c1ccc(S(=O)(=O)N(C)C)cc1. The molecule has 0 heterocycles. The van der Waals surface area contributed by atoms with Crippen molar-refractivity contribution in [1.29, 1.82) is 0 Å². The van der Waals surface area contributed by atoms with E-state index in [9.17, 15) is 21.6 Å². The van der Waals surface area contributed by atoms with Crippen molar-refractivity contribution >= 4 is 26.0 Å². The maximum atomic E-state index is 12.0. The fourth-order valence-corrected chi connectivity index (χ4v) is 3.07. The van der Waals surface area contributed by atoms with Gasteiger partial charge in [0.2, 0.25) is 15.9 Å². The number of nitrogens with one attached hydrogen (secondary N) is 2. The Kier molecular flexibility index (Phi) is 5.68. The summed E-state index contributed by atoms with van der Waals surface area (Å²) in [5.74, 6) is -0.856. The van der Waals surface area contributed by atoms with Crippen LogP contribution >= 0.6 is 0 Å². The molecule has 0 saturated carbocycles. The first-order chi connectivity index (χ1) is 9.98. The minimum atomic E-state index is -3.96. The van der Waals surface area contributed by atoms with E-state index in [1.807, 2.05) is 4.83 Å². The first-order valence-corrected chi connectivity index (χ1v) is 9.25. The third-order valence-corrected chi connectivity index (χ3v) is 5.84. The molecule has 22 heavy (non-hydrogen) atoms. The van der Waals surface area contributed by atoms with E-state index in [4.69, 9.17) is 0 Å². The zero-order valence-electron chi connectivity index (χ0n) is 12.7. The van der Waals surface area contributed by atoms with Gasteiger partial charge in [-0.25, -0.2) is 21.1 Å². The molecule has 1 aromatic rings. The van der Waals surface area contributed by atoms with E-state index in [0.29, 0.717) is 0 Å². The van der Waals surface area contributed by atoms with Gasteiger partial charge in [0.1, 0.15) is 0 Å². The molecular weight excluding hydrogens is 330 g/mol. The van der Waals surface area contributed by atoms with Crippen molar-refractivity contribution in [2.75, 3.05) is 14.1 Å². The van der Waals surface area contributed by atoms with Crippen molar-refractivity contribution < 1.29 is 21.6 Å². The zero-order valence-corrected chi connectivity index (χ0v) is 14.3. The van der Waals surface area contributed by atoms with Crippen molar-refractivity contribution in [3.05, 3.63) is 24.3 Å². The van der Waals surface area contributed by atoms with E-state index in [1.165, 1.54) is 26.2 Å². The van der Waals surface area contributed by atoms with Crippen LogP contribution in [0.15, 0.2) is 34.1 Å². The summed E-state index contributed by atoms with van der Waals surface area (Å²) < 4.78 is 48.7. The number of amides is 1. The van der Waals surface area contributed by atoms with Crippen LogP contribution in [-0.2, 0) is 24.8 Å². The first kappa shape index (κ1) is 18.6. The van der Waals surface area contributed by atoms with E-state index < -0.39 is 26.0 Å². The van der Waals surface area contributed by atoms with Crippen molar-refractivity contribution in [3.8, 4) is 0 Å². The number of rotatable bonds is 6. The lowest BCUT2D eigenvalue weighted by Gasteiger charge is -2.12. The molecule has 10 heteroatoms. The van der Waals surface area contributed by atoms with Crippen molar-refractivity contribution in [3.63, 3.8) is 0 Å². The zero-order chi connectivity index (χ0) is 17.1. The molecule has 2 N–H and O–H groups in total. The van der Waals surface area contributed by atoms with E-state index in [0.717, 1.165) is 16.4 Å². The maximum absolute atomic E-state index is 12.0. The summed E-state index contributed by atoms with van der Waals surface area (Å²) in [6, 6.07) is 4.68. The topological polar surface area (TPSA) is 113 Å². The molecule has 0 spiro atoms. The van der Waals surface area contributed by atoms with Crippen LogP contribution in [-0.4, -0.2) is 41.1 Å². The Bertz CT molecular complexity index is 737. The Morgan fingerprint density at radius 1 is 1.00 bits per heavy atom. The predicted molar refractivity (Wildman–Crippen MR) is 80.6 cm³/mol. The van der Waals surface area contributed by atoms with Crippen LogP contribution in [0.2, 0.25) is 0 Å². The van der Waals surface area contributed by atoms with Crippen LogP contribution in [0.4, 0.5) is 0 Å². The number of hydrogen-bond acceptors (Lipinski definition) is 5. The van der Waals surface area contributed by atoms with Gasteiger partial charge < -0.3 is 0 Å². The Morgan fingerprint density at radius 2 is 1.45 bits per heavy atom. The third-order valence-electron chi connectivity index (χ3n) is 2.75. The van der Waals surface area contributed by atoms with Crippen molar-refractivity contribution in [1.82, 2.24) is 14.6 Å². The largest absolute Gasteiger partial charge is 0.277 e. The molecule has 1 rings (SSSR count). The second-order valence-electron chi connectivity index (χ2n) is 5.01. The summed E-state index contributed by atoms with van der Waals surface area (Å²) in [7, 11) is -4.83. The third kappa shape index (κ3) is 4.26. The molecule has 0 aromatic heterocycles. The Morgan fingerprint density at radius 3 is 1.86 bits per heavy atom. The Hall–Kier alpha value is -1.49. The van der Waals surface area contributed by atoms with Gasteiger partial charge in [0.05, 0.1) is 9.79 Å². The van der Waals surface area contributed by atoms with Gasteiger partial charge in [-0.3, -0.25) is 10.2 Å². The van der Waals surface area contributed by atoms with Gasteiger partial charge in [0, 0.05) is 20.0 Å². The lowest BCUT2D eigenvalue weighted by atomic mass is 10.2. The van der Waals surface area contributed by atoms with E-state index in [-0.39, 0.29) is 15.7 Å². The van der Waals surface area contributed by atoms with Gasteiger partial charge in [0.25, 0.3) is 10.0 Å². The summed E-state index contributed by atoms with van der Waals surface area (Å²) >= 11 is 0. The van der Waals surface area contributed by atoms with Gasteiger partial charge in [-0.15, -0.1) is 4.83 Å². The highest BCUT2D eigenvalue weighted by molar-refractivity contribution is 7.89. The number of benzene rings is 1. The summed E-state index contributed by atoms with van der Waals surface area (Å²) in [6.07, 6.45) is 0. The number of hydrazine groups is 1. The quantitative estimate of drug-likeness (QED) is 0.697. The molecule has 0 radical (unpaired) electrons. The lowest BCUT2D eigenvalue weighted by Crippen LogP contribution is -2.43. The highest BCUT2D eigenvalue weighted by atomic mass is 32.2. The van der Waals surface area contributed by atoms with Crippen molar-refractivity contribution in [2.24, 2.45) is 5.92 Å². The molecule has 1 amide bonds. The van der Waals surface area contributed by atoms with Gasteiger partial charge >= 0.3 is 0 Å². The highest BCUT2D eigenvalue weighted by Crippen LogP contribution is 2.16. The molecule has 124 valence electrons. The minimum absolute atomic E-state index is 0.0253. The van der Waals surface area contributed by atoms with E-state index in [2.05, 4.69) is 5.43 Å². The average Bonchev–Trinajstić information content (AvgIpc) is 2.44. The monoisotopic (exact) mass is 349 g/mol. The summed E-state index contributed by atoms with van der Waals surface area (Å²) in [4.78, 5) is 13.1. The first-order valence-electron chi connectivity index (χ1n) is 6.32. The molecule has 8 nitrogen and oxygen atoms in total. The van der Waals surface area contributed by atoms with Crippen LogP contribution in [0.25, 0.3) is 0 Å². The number of hydrogen-bond donors (Lipinski definition) is 2. The van der Waals surface area contributed by atoms with Gasteiger partial charge in [-0.2, -0.15) is 0 Å². The number of sulfonamides is 2. The molecule has 0 saturated heterocycles. The van der Waals surface area contributed by atoms with Crippen molar-refractivity contribution in [2.45, 2.75) is 23.6 Å². The second kappa shape index (κ2) is 6.73. The van der Waals surface area contributed by atoms with Crippen LogP contribution < -0.4 is 10.3 Å².